The Hall–Kier alpha value is -2.04. The van der Waals surface area contributed by atoms with Crippen LogP contribution in [0.25, 0.3) is 0 Å². The molecule has 2 N–H and O–H groups in total. The van der Waals surface area contributed by atoms with E-state index in [-0.39, 0.29) is 30.9 Å². The second kappa shape index (κ2) is 7.53. The maximum Gasteiger partial charge on any atom is 0.325 e. The van der Waals surface area contributed by atoms with Gasteiger partial charge in [0.1, 0.15) is 6.54 Å². The summed E-state index contributed by atoms with van der Waals surface area (Å²) >= 11 is 0. The monoisotopic (exact) mass is 278 g/mol. The zero-order valence-electron chi connectivity index (χ0n) is 12.3. The molecule has 1 aromatic rings. The number of hydrogen-bond donors (Lipinski definition) is 1. The average molecular weight is 278 g/mol. The first-order valence-electron chi connectivity index (χ1n) is 6.73. The fraction of sp³-hybridized carbons (Fsp3) is 0.467. The van der Waals surface area contributed by atoms with Crippen LogP contribution in [0.3, 0.4) is 0 Å². The third kappa shape index (κ3) is 4.91. The van der Waals surface area contributed by atoms with Gasteiger partial charge < -0.3 is 15.4 Å². The van der Waals surface area contributed by atoms with Crippen LogP contribution in [0.15, 0.2) is 24.3 Å². The van der Waals surface area contributed by atoms with Crippen molar-refractivity contribution in [2.75, 3.05) is 18.9 Å². The number of esters is 1. The smallest absolute Gasteiger partial charge is 0.325 e. The number of nitrogens with two attached hydrogens (primary N) is 1. The summed E-state index contributed by atoms with van der Waals surface area (Å²) in [6.45, 7) is 5.78. The van der Waals surface area contributed by atoms with E-state index in [0.717, 1.165) is 5.56 Å². The highest BCUT2D eigenvalue weighted by molar-refractivity contribution is 5.84. The number of ether oxygens (including phenoxy) is 1. The molecule has 0 atom stereocenters. The molecule has 0 bridgehead atoms. The minimum Gasteiger partial charge on any atom is -0.465 e. The zero-order chi connectivity index (χ0) is 15.1. The molecule has 1 rings (SSSR count). The van der Waals surface area contributed by atoms with Crippen molar-refractivity contribution in [2.45, 2.75) is 33.2 Å². The van der Waals surface area contributed by atoms with Crippen LogP contribution in [0, 0.1) is 0 Å². The molecule has 0 unspecified atom stereocenters. The van der Waals surface area contributed by atoms with Crippen molar-refractivity contribution < 1.29 is 14.3 Å². The van der Waals surface area contributed by atoms with Crippen LogP contribution in [-0.2, 0) is 20.7 Å². The third-order valence-electron chi connectivity index (χ3n) is 2.85. The number of nitrogen functional groups attached to an aromatic ring is 1. The number of anilines is 1. The molecule has 0 aliphatic rings. The van der Waals surface area contributed by atoms with Gasteiger partial charge in [0.05, 0.1) is 13.0 Å². The van der Waals surface area contributed by atoms with E-state index in [4.69, 9.17) is 10.5 Å². The van der Waals surface area contributed by atoms with E-state index in [1.165, 1.54) is 4.90 Å². The highest BCUT2D eigenvalue weighted by Gasteiger charge is 2.20. The Morgan fingerprint density at radius 2 is 2.05 bits per heavy atom. The van der Waals surface area contributed by atoms with Crippen molar-refractivity contribution in [3.8, 4) is 0 Å². The molecule has 5 heteroatoms. The summed E-state index contributed by atoms with van der Waals surface area (Å²) in [5.74, 6) is -0.499. The van der Waals surface area contributed by atoms with Gasteiger partial charge in [-0.1, -0.05) is 12.1 Å². The van der Waals surface area contributed by atoms with Crippen LogP contribution >= 0.6 is 0 Å². The van der Waals surface area contributed by atoms with E-state index < -0.39 is 0 Å². The van der Waals surface area contributed by atoms with Crippen LogP contribution in [0.1, 0.15) is 26.3 Å². The highest BCUT2D eigenvalue weighted by Crippen LogP contribution is 2.10. The Morgan fingerprint density at radius 3 is 2.60 bits per heavy atom. The summed E-state index contributed by atoms with van der Waals surface area (Å²) in [4.78, 5) is 25.3. The van der Waals surface area contributed by atoms with Gasteiger partial charge in [-0.3, -0.25) is 9.59 Å². The van der Waals surface area contributed by atoms with Crippen molar-refractivity contribution in [2.24, 2.45) is 0 Å². The van der Waals surface area contributed by atoms with Gasteiger partial charge >= 0.3 is 5.97 Å². The molecular formula is C15H22N2O3. The topological polar surface area (TPSA) is 72.6 Å². The fourth-order valence-corrected chi connectivity index (χ4v) is 1.88. The standard InChI is InChI=1S/C15H22N2O3/c1-4-20-15(19)10-17(11(2)3)14(18)9-12-6-5-7-13(16)8-12/h5-8,11H,4,9-10,16H2,1-3H3. The van der Waals surface area contributed by atoms with Crippen molar-refractivity contribution in [1.82, 2.24) is 4.90 Å². The molecule has 20 heavy (non-hydrogen) atoms. The van der Waals surface area contributed by atoms with Gasteiger partial charge in [0, 0.05) is 11.7 Å². The molecule has 1 aromatic carbocycles. The zero-order valence-corrected chi connectivity index (χ0v) is 12.3. The third-order valence-corrected chi connectivity index (χ3v) is 2.85. The van der Waals surface area contributed by atoms with Crippen LogP contribution in [0.4, 0.5) is 5.69 Å². The molecule has 5 nitrogen and oxygen atoms in total. The van der Waals surface area contributed by atoms with Crippen molar-refractivity contribution >= 4 is 17.6 Å². The molecule has 0 aliphatic carbocycles. The molecule has 0 aromatic heterocycles. The van der Waals surface area contributed by atoms with Crippen LogP contribution in [0.5, 0.6) is 0 Å². The number of carbonyl (C=O) groups is 2. The Balaban J connectivity index is 2.71. The maximum atomic E-state index is 12.3. The van der Waals surface area contributed by atoms with E-state index in [0.29, 0.717) is 12.3 Å². The Bertz CT molecular complexity index is 472. The molecule has 0 fully saturated rings. The lowest BCUT2D eigenvalue weighted by atomic mass is 10.1. The first-order valence-corrected chi connectivity index (χ1v) is 6.73. The van der Waals surface area contributed by atoms with E-state index in [9.17, 15) is 9.59 Å². The molecule has 1 amide bonds. The van der Waals surface area contributed by atoms with Gasteiger partial charge in [-0.25, -0.2) is 0 Å². The first kappa shape index (κ1) is 16.0. The van der Waals surface area contributed by atoms with Gasteiger partial charge in [-0.2, -0.15) is 0 Å². The SMILES string of the molecule is CCOC(=O)CN(C(=O)Cc1cccc(N)c1)C(C)C. The first-order chi connectivity index (χ1) is 9.43. The van der Waals surface area contributed by atoms with Crippen LogP contribution in [-0.4, -0.2) is 36.0 Å². The van der Waals surface area contributed by atoms with Gasteiger partial charge in [-0.15, -0.1) is 0 Å². The summed E-state index contributed by atoms with van der Waals surface area (Å²) in [7, 11) is 0. The number of benzene rings is 1. The summed E-state index contributed by atoms with van der Waals surface area (Å²) in [5.41, 5.74) is 7.15. The summed E-state index contributed by atoms with van der Waals surface area (Å²) in [6.07, 6.45) is 0.225. The van der Waals surface area contributed by atoms with Crippen LogP contribution in [0.2, 0.25) is 0 Å². The number of rotatable bonds is 6. The molecule has 0 saturated carbocycles. The number of carbonyl (C=O) groups excluding carboxylic acids is 2. The van der Waals surface area contributed by atoms with E-state index in [1.807, 2.05) is 26.0 Å². The maximum absolute atomic E-state index is 12.3. The van der Waals surface area contributed by atoms with Crippen molar-refractivity contribution in [3.05, 3.63) is 29.8 Å². The normalized spacial score (nSPS) is 10.4. The Labute approximate surface area is 119 Å². The minimum atomic E-state index is -0.387. The Kier molecular flexibility index (Phi) is 6.03. The molecule has 0 radical (unpaired) electrons. The van der Waals surface area contributed by atoms with Crippen LogP contribution < -0.4 is 5.73 Å². The molecule has 110 valence electrons. The fourth-order valence-electron chi connectivity index (χ4n) is 1.88. The Morgan fingerprint density at radius 1 is 1.35 bits per heavy atom. The molecule has 0 saturated heterocycles. The van der Waals surface area contributed by atoms with E-state index in [2.05, 4.69) is 0 Å². The summed E-state index contributed by atoms with van der Waals surface area (Å²) in [5, 5.41) is 0. The molecule has 0 aliphatic heterocycles. The lowest BCUT2D eigenvalue weighted by Gasteiger charge is -2.25. The van der Waals surface area contributed by atoms with E-state index >= 15 is 0 Å². The quantitative estimate of drug-likeness (QED) is 0.634. The van der Waals surface area contributed by atoms with Gasteiger partial charge in [0.2, 0.25) is 5.91 Å². The predicted molar refractivity (Wildman–Crippen MR) is 78.0 cm³/mol. The number of hydrogen-bond acceptors (Lipinski definition) is 4. The lowest BCUT2D eigenvalue weighted by molar-refractivity contribution is -0.149. The number of nitrogens with zero attached hydrogens (tertiary/aromatic N) is 1. The van der Waals surface area contributed by atoms with Gasteiger partial charge in [0.15, 0.2) is 0 Å². The molecule has 0 spiro atoms. The summed E-state index contributed by atoms with van der Waals surface area (Å²) < 4.78 is 4.89. The van der Waals surface area contributed by atoms with Crippen molar-refractivity contribution in [3.63, 3.8) is 0 Å². The van der Waals surface area contributed by atoms with Gasteiger partial charge in [0.25, 0.3) is 0 Å². The lowest BCUT2D eigenvalue weighted by Crippen LogP contribution is -2.42. The second-order valence-corrected chi connectivity index (χ2v) is 4.84. The minimum absolute atomic E-state index is 0.0212. The predicted octanol–water partition coefficient (Wildman–Crippen LogP) is 1.61. The average Bonchev–Trinajstić information content (AvgIpc) is 2.35. The van der Waals surface area contributed by atoms with Crippen molar-refractivity contribution in [1.29, 1.82) is 0 Å². The summed E-state index contributed by atoms with van der Waals surface area (Å²) in [6, 6.07) is 7.13. The largest absolute Gasteiger partial charge is 0.465 e. The number of amides is 1. The highest BCUT2D eigenvalue weighted by atomic mass is 16.5. The molecular weight excluding hydrogens is 256 g/mol. The van der Waals surface area contributed by atoms with Gasteiger partial charge in [-0.05, 0) is 38.5 Å². The van der Waals surface area contributed by atoms with E-state index in [1.54, 1.807) is 19.1 Å². The second-order valence-electron chi connectivity index (χ2n) is 4.84. The molecule has 0 heterocycles.